The van der Waals surface area contributed by atoms with Crippen LogP contribution in [0.4, 0.5) is 5.82 Å². The molecule has 1 aliphatic heterocycles. The van der Waals surface area contributed by atoms with E-state index in [0.717, 1.165) is 19.6 Å². The molecule has 1 spiro atoms. The molecule has 2 aliphatic rings. The second-order valence-corrected chi connectivity index (χ2v) is 5.96. The molecule has 1 aromatic rings. The van der Waals surface area contributed by atoms with E-state index in [1.54, 1.807) is 17.0 Å². The predicted molar refractivity (Wildman–Crippen MR) is 80.2 cm³/mol. The number of hydrogen-bond acceptors (Lipinski definition) is 4. The Hall–Kier alpha value is -1.36. The molecule has 2 heterocycles. The van der Waals surface area contributed by atoms with Crippen LogP contribution in [-0.2, 0) is 6.54 Å². The zero-order chi connectivity index (χ0) is 14.0. The van der Waals surface area contributed by atoms with Crippen LogP contribution in [0.25, 0.3) is 0 Å². The highest BCUT2D eigenvalue weighted by atomic mass is 16.1. The molecule has 1 N–H and O–H groups in total. The first-order valence-electron chi connectivity index (χ1n) is 7.81. The van der Waals surface area contributed by atoms with Gasteiger partial charge in [0.2, 0.25) is 0 Å². The molecule has 0 atom stereocenters. The SMILES string of the molecule is CCn1ccnc(N2CCNCC23CCCCC3)c1=O. The fraction of sp³-hybridized carbons (Fsp3) is 0.733. The lowest BCUT2D eigenvalue weighted by atomic mass is 9.79. The normalized spacial score (nSPS) is 22.1. The number of piperazine rings is 1. The van der Waals surface area contributed by atoms with Crippen LogP contribution in [0.2, 0.25) is 0 Å². The lowest BCUT2D eigenvalue weighted by Crippen LogP contribution is -2.63. The van der Waals surface area contributed by atoms with E-state index in [1.165, 1.54) is 32.1 Å². The third kappa shape index (κ3) is 2.24. The van der Waals surface area contributed by atoms with E-state index in [0.29, 0.717) is 12.4 Å². The van der Waals surface area contributed by atoms with E-state index >= 15 is 0 Å². The van der Waals surface area contributed by atoms with Crippen molar-refractivity contribution in [3.8, 4) is 0 Å². The average molecular weight is 276 g/mol. The Morgan fingerprint density at radius 3 is 2.90 bits per heavy atom. The van der Waals surface area contributed by atoms with Gasteiger partial charge < -0.3 is 14.8 Å². The number of aromatic nitrogens is 2. The summed E-state index contributed by atoms with van der Waals surface area (Å²) in [5, 5.41) is 3.51. The van der Waals surface area contributed by atoms with Crippen LogP contribution in [0.1, 0.15) is 39.0 Å². The maximum atomic E-state index is 12.6. The molecule has 0 unspecified atom stereocenters. The molecule has 1 aromatic heterocycles. The van der Waals surface area contributed by atoms with Crippen LogP contribution in [0.5, 0.6) is 0 Å². The highest BCUT2D eigenvalue weighted by Crippen LogP contribution is 2.35. The third-order valence-electron chi connectivity index (χ3n) is 4.82. The summed E-state index contributed by atoms with van der Waals surface area (Å²) in [7, 11) is 0. The summed E-state index contributed by atoms with van der Waals surface area (Å²) in [6.07, 6.45) is 9.71. The zero-order valence-corrected chi connectivity index (χ0v) is 12.3. The molecule has 5 nitrogen and oxygen atoms in total. The van der Waals surface area contributed by atoms with Crippen LogP contribution < -0.4 is 15.8 Å². The van der Waals surface area contributed by atoms with Crippen molar-refractivity contribution in [2.45, 2.75) is 51.1 Å². The van der Waals surface area contributed by atoms with Gasteiger partial charge in [0.05, 0.1) is 5.54 Å². The van der Waals surface area contributed by atoms with Crippen LogP contribution in [0.3, 0.4) is 0 Å². The number of hydrogen-bond donors (Lipinski definition) is 1. The summed E-state index contributed by atoms with van der Waals surface area (Å²) in [6, 6.07) is 0. The number of aryl methyl sites for hydroxylation is 1. The van der Waals surface area contributed by atoms with Gasteiger partial charge in [-0.2, -0.15) is 0 Å². The molecule has 20 heavy (non-hydrogen) atoms. The summed E-state index contributed by atoms with van der Waals surface area (Å²) in [4.78, 5) is 19.3. The second kappa shape index (κ2) is 5.56. The molecule has 1 saturated carbocycles. The van der Waals surface area contributed by atoms with Crippen LogP contribution in [0.15, 0.2) is 17.2 Å². The zero-order valence-electron chi connectivity index (χ0n) is 12.3. The van der Waals surface area contributed by atoms with Crippen molar-refractivity contribution >= 4 is 5.82 Å². The number of nitrogens with one attached hydrogen (secondary N) is 1. The number of rotatable bonds is 2. The van der Waals surface area contributed by atoms with Crippen molar-refractivity contribution in [3.63, 3.8) is 0 Å². The van der Waals surface area contributed by atoms with Gasteiger partial charge in [-0.1, -0.05) is 19.3 Å². The summed E-state index contributed by atoms with van der Waals surface area (Å²) in [6.45, 7) is 5.50. The van der Waals surface area contributed by atoms with E-state index in [-0.39, 0.29) is 11.1 Å². The van der Waals surface area contributed by atoms with Crippen LogP contribution in [0, 0.1) is 0 Å². The van der Waals surface area contributed by atoms with Crippen molar-refractivity contribution in [2.75, 3.05) is 24.5 Å². The lowest BCUT2D eigenvalue weighted by molar-refractivity contribution is 0.239. The first-order valence-corrected chi connectivity index (χ1v) is 7.81. The van der Waals surface area contributed by atoms with Gasteiger partial charge in [0.25, 0.3) is 5.56 Å². The topological polar surface area (TPSA) is 50.2 Å². The van der Waals surface area contributed by atoms with Gasteiger partial charge in [-0.3, -0.25) is 4.79 Å². The first-order chi connectivity index (χ1) is 9.77. The third-order valence-corrected chi connectivity index (χ3v) is 4.82. The van der Waals surface area contributed by atoms with Gasteiger partial charge in [-0.05, 0) is 19.8 Å². The Morgan fingerprint density at radius 1 is 1.35 bits per heavy atom. The monoisotopic (exact) mass is 276 g/mol. The molecule has 5 heteroatoms. The maximum absolute atomic E-state index is 12.6. The molecule has 2 fully saturated rings. The van der Waals surface area contributed by atoms with Gasteiger partial charge in [0.1, 0.15) is 0 Å². The van der Waals surface area contributed by atoms with Crippen molar-refractivity contribution in [3.05, 3.63) is 22.7 Å². The fourth-order valence-electron chi connectivity index (χ4n) is 3.70. The van der Waals surface area contributed by atoms with Gasteiger partial charge in [0, 0.05) is 38.6 Å². The Morgan fingerprint density at radius 2 is 2.15 bits per heavy atom. The van der Waals surface area contributed by atoms with Crippen molar-refractivity contribution in [2.24, 2.45) is 0 Å². The minimum absolute atomic E-state index is 0.0573. The average Bonchev–Trinajstić information content (AvgIpc) is 2.49. The largest absolute Gasteiger partial charge is 0.344 e. The summed E-state index contributed by atoms with van der Waals surface area (Å²) in [5.74, 6) is 0.651. The van der Waals surface area contributed by atoms with Crippen LogP contribution >= 0.6 is 0 Å². The summed E-state index contributed by atoms with van der Waals surface area (Å²) in [5.41, 5.74) is 0.164. The Labute approximate surface area is 120 Å². The van der Waals surface area contributed by atoms with Crippen molar-refractivity contribution in [1.29, 1.82) is 0 Å². The molecule has 1 saturated heterocycles. The summed E-state index contributed by atoms with van der Waals surface area (Å²) >= 11 is 0. The van der Waals surface area contributed by atoms with Gasteiger partial charge in [-0.15, -0.1) is 0 Å². The smallest absolute Gasteiger partial charge is 0.293 e. The minimum atomic E-state index is 0.0573. The standard InChI is InChI=1S/C15H24N4O/c1-2-18-10-9-17-13(14(18)20)19-11-8-16-12-15(19)6-4-3-5-7-15/h9-10,16H,2-8,11-12H2,1H3. The molecule has 0 bridgehead atoms. The molecule has 3 rings (SSSR count). The second-order valence-electron chi connectivity index (χ2n) is 5.96. The minimum Gasteiger partial charge on any atom is -0.344 e. The molecule has 1 aliphatic carbocycles. The Bertz CT molecular complexity index is 511. The van der Waals surface area contributed by atoms with Crippen molar-refractivity contribution < 1.29 is 0 Å². The molecule has 0 amide bonds. The van der Waals surface area contributed by atoms with E-state index < -0.39 is 0 Å². The van der Waals surface area contributed by atoms with E-state index in [9.17, 15) is 4.79 Å². The Balaban J connectivity index is 2.00. The number of nitrogens with zero attached hydrogens (tertiary/aromatic N) is 3. The lowest BCUT2D eigenvalue weighted by Gasteiger charge is -2.50. The van der Waals surface area contributed by atoms with E-state index in [2.05, 4.69) is 15.2 Å². The molecule has 110 valence electrons. The number of anilines is 1. The first kappa shape index (κ1) is 13.6. The van der Waals surface area contributed by atoms with Crippen LogP contribution in [-0.4, -0.2) is 34.7 Å². The molecular formula is C15H24N4O. The van der Waals surface area contributed by atoms with Crippen molar-refractivity contribution in [1.82, 2.24) is 14.9 Å². The quantitative estimate of drug-likeness (QED) is 0.886. The summed E-state index contributed by atoms with van der Waals surface area (Å²) < 4.78 is 1.75. The molecule has 0 aromatic carbocycles. The van der Waals surface area contributed by atoms with E-state index in [1.807, 2.05) is 6.92 Å². The highest BCUT2D eigenvalue weighted by molar-refractivity contribution is 5.42. The van der Waals surface area contributed by atoms with Gasteiger partial charge in [0.15, 0.2) is 5.82 Å². The van der Waals surface area contributed by atoms with Gasteiger partial charge in [-0.25, -0.2) is 4.98 Å². The predicted octanol–water partition coefficient (Wildman–Crippen LogP) is 1.38. The highest BCUT2D eigenvalue weighted by Gasteiger charge is 2.41. The van der Waals surface area contributed by atoms with Gasteiger partial charge >= 0.3 is 0 Å². The molecular weight excluding hydrogens is 252 g/mol. The fourth-order valence-corrected chi connectivity index (χ4v) is 3.70. The van der Waals surface area contributed by atoms with E-state index in [4.69, 9.17) is 0 Å². The molecule has 0 radical (unpaired) electrons. The maximum Gasteiger partial charge on any atom is 0.293 e. The Kier molecular flexibility index (Phi) is 3.78.